The molecule has 4 rings (SSSR count). The summed E-state index contributed by atoms with van der Waals surface area (Å²) >= 11 is 6.12. The molecule has 6 heteroatoms. The van der Waals surface area contributed by atoms with Crippen LogP contribution in [0.1, 0.15) is 25.7 Å². The van der Waals surface area contributed by atoms with Crippen LogP contribution in [0, 0.1) is 17.8 Å². The maximum absolute atomic E-state index is 12.7. The van der Waals surface area contributed by atoms with E-state index in [-0.39, 0.29) is 18.6 Å². The molecule has 1 heterocycles. The molecular weight excluding hydrogens is 376 g/mol. The van der Waals surface area contributed by atoms with E-state index in [1.165, 1.54) is 12.8 Å². The minimum atomic E-state index is 0.0435. The Kier molecular flexibility index (Phi) is 6.14. The first-order valence-electron chi connectivity index (χ1n) is 10.4. The molecule has 0 radical (unpaired) electrons. The minimum Gasteiger partial charge on any atom is -0.482 e. The largest absolute Gasteiger partial charge is 0.482 e. The third-order valence-electron chi connectivity index (χ3n) is 6.53. The molecule has 0 spiro atoms. The average Bonchev–Trinajstić information content (AvgIpc) is 3.41. The van der Waals surface area contributed by atoms with Gasteiger partial charge in [0.25, 0.3) is 5.91 Å². The molecule has 1 aliphatic heterocycles. The molecule has 1 amide bonds. The zero-order chi connectivity index (χ0) is 19.7. The normalized spacial score (nSPS) is 29.8. The Balaban J connectivity index is 1.32. The molecule has 0 aromatic heterocycles. The number of hydrogen-bond acceptors (Lipinski definition) is 4. The van der Waals surface area contributed by atoms with Gasteiger partial charge in [0.05, 0.1) is 11.1 Å². The second kappa shape index (κ2) is 8.60. The summed E-state index contributed by atoms with van der Waals surface area (Å²) in [5.74, 6) is 2.48. The molecule has 0 N–H and O–H groups in total. The fourth-order valence-electron chi connectivity index (χ4n) is 4.65. The minimum absolute atomic E-state index is 0.0435. The van der Waals surface area contributed by atoms with Crippen molar-refractivity contribution in [3.05, 3.63) is 29.3 Å². The summed E-state index contributed by atoms with van der Waals surface area (Å²) in [5.41, 5.74) is 0. The number of benzene rings is 1. The van der Waals surface area contributed by atoms with Gasteiger partial charge in [-0.25, -0.2) is 0 Å². The van der Waals surface area contributed by atoms with Crippen LogP contribution in [0.15, 0.2) is 24.3 Å². The molecule has 1 aromatic carbocycles. The van der Waals surface area contributed by atoms with Crippen LogP contribution in [0.5, 0.6) is 5.75 Å². The predicted molar refractivity (Wildman–Crippen MR) is 110 cm³/mol. The van der Waals surface area contributed by atoms with E-state index >= 15 is 0 Å². The molecule has 28 heavy (non-hydrogen) atoms. The second-order valence-corrected chi connectivity index (χ2v) is 9.26. The molecule has 3 aliphatic rings. The van der Waals surface area contributed by atoms with Crippen molar-refractivity contribution in [3.63, 3.8) is 0 Å². The van der Waals surface area contributed by atoms with E-state index in [4.69, 9.17) is 21.1 Å². The van der Waals surface area contributed by atoms with Crippen molar-refractivity contribution >= 4 is 17.5 Å². The van der Waals surface area contributed by atoms with Crippen molar-refractivity contribution in [2.75, 3.05) is 40.4 Å². The third-order valence-corrected chi connectivity index (χ3v) is 6.84. The Bertz CT molecular complexity index is 694. The van der Waals surface area contributed by atoms with Gasteiger partial charge in [-0.05, 0) is 69.7 Å². The predicted octanol–water partition coefficient (Wildman–Crippen LogP) is 3.31. The summed E-state index contributed by atoms with van der Waals surface area (Å²) in [4.78, 5) is 17.0. The Morgan fingerprint density at radius 3 is 2.57 bits per heavy atom. The number of carbonyl (C=O) groups is 1. The molecule has 154 valence electrons. The van der Waals surface area contributed by atoms with Crippen LogP contribution in [0.4, 0.5) is 0 Å². The van der Waals surface area contributed by atoms with Gasteiger partial charge < -0.3 is 19.3 Å². The molecular formula is C22H31ClN2O3. The van der Waals surface area contributed by atoms with Crippen LogP contribution < -0.4 is 4.74 Å². The van der Waals surface area contributed by atoms with Crippen LogP contribution in [0.25, 0.3) is 0 Å². The highest BCUT2D eigenvalue weighted by atomic mass is 35.5. The number of nitrogens with zero attached hydrogens (tertiary/aromatic N) is 2. The van der Waals surface area contributed by atoms with E-state index in [1.807, 2.05) is 17.0 Å². The molecule has 0 unspecified atom stereocenters. The summed E-state index contributed by atoms with van der Waals surface area (Å²) in [6.07, 6.45) is 5.07. The first-order chi connectivity index (χ1) is 13.5. The van der Waals surface area contributed by atoms with Gasteiger partial charge in [0, 0.05) is 25.7 Å². The highest BCUT2D eigenvalue weighted by molar-refractivity contribution is 6.32. The standard InChI is InChI=1S/C22H31ClN2O3/c1-24(2)19-9-16-11-25(12-17(16)10-21(19)27-13-15-7-8-15)22(26)14-28-20-6-4-3-5-18(20)23/h3-6,15-17,19,21H,7-14H2,1-2H3/t16-,17+,19-,21-/m1/s1. The Morgan fingerprint density at radius 1 is 1.18 bits per heavy atom. The lowest BCUT2D eigenvalue weighted by atomic mass is 9.77. The summed E-state index contributed by atoms with van der Waals surface area (Å²) in [6, 6.07) is 7.72. The fraction of sp³-hybridized carbons (Fsp3) is 0.682. The number of halogens is 1. The Morgan fingerprint density at radius 2 is 1.89 bits per heavy atom. The van der Waals surface area contributed by atoms with Crippen molar-refractivity contribution in [1.29, 1.82) is 0 Å². The van der Waals surface area contributed by atoms with E-state index in [0.717, 1.165) is 38.5 Å². The smallest absolute Gasteiger partial charge is 0.260 e. The molecule has 5 nitrogen and oxygen atoms in total. The molecule has 4 atom stereocenters. The van der Waals surface area contributed by atoms with Crippen molar-refractivity contribution in [2.45, 2.75) is 37.8 Å². The zero-order valence-electron chi connectivity index (χ0n) is 16.9. The van der Waals surface area contributed by atoms with E-state index in [1.54, 1.807) is 12.1 Å². The van der Waals surface area contributed by atoms with Crippen LogP contribution in [-0.2, 0) is 9.53 Å². The number of amides is 1. The van der Waals surface area contributed by atoms with Crippen molar-refractivity contribution in [2.24, 2.45) is 17.8 Å². The molecule has 1 aromatic rings. The molecule has 1 saturated heterocycles. The SMILES string of the molecule is CN(C)[C@@H]1C[C@@H]2CN(C(=O)COc3ccccc3Cl)C[C@@H]2C[C@H]1OCC1CC1. The maximum atomic E-state index is 12.7. The van der Waals surface area contributed by atoms with Crippen molar-refractivity contribution in [3.8, 4) is 5.75 Å². The summed E-state index contributed by atoms with van der Waals surface area (Å²) in [5, 5.41) is 0.537. The van der Waals surface area contributed by atoms with Gasteiger partial charge in [-0.15, -0.1) is 0 Å². The highest BCUT2D eigenvalue weighted by Gasteiger charge is 2.44. The number of fused-ring (bicyclic) bond motifs is 1. The fourth-order valence-corrected chi connectivity index (χ4v) is 4.84. The maximum Gasteiger partial charge on any atom is 0.260 e. The Labute approximate surface area is 172 Å². The van der Waals surface area contributed by atoms with E-state index in [9.17, 15) is 4.79 Å². The molecule has 2 saturated carbocycles. The number of rotatable bonds is 7. The van der Waals surface area contributed by atoms with Gasteiger partial charge >= 0.3 is 0 Å². The summed E-state index contributed by atoms with van der Waals surface area (Å²) < 4.78 is 12.0. The zero-order valence-corrected chi connectivity index (χ0v) is 17.6. The molecule has 0 bridgehead atoms. The second-order valence-electron chi connectivity index (χ2n) is 8.86. The lowest BCUT2D eigenvalue weighted by Crippen LogP contribution is -2.48. The summed E-state index contributed by atoms with van der Waals surface area (Å²) in [6.45, 7) is 2.59. The highest BCUT2D eigenvalue weighted by Crippen LogP contribution is 2.40. The number of hydrogen-bond donors (Lipinski definition) is 0. The topological polar surface area (TPSA) is 42.0 Å². The van der Waals surface area contributed by atoms with E-state index in [2.05, 4.69) is 19.0 Å². The first kappa shape index (κ1) is 20.0. The van der Waals surface area contributed by atoms with Gasteiger partial charge in [-0.3, -0.25) is 4.79 Å². The van der Waals surface area contributed by atoms with Crippen LogP contribution >= 0.6 is 11.6 Å². The van der Waals surface area contributed by atoms with Gasteiger partial charge in [0.2, 0.25) is 0 Å². The molecule has 3 fully saturated rings. The van der Waals surface area contributed by atoms with E-state index in [0.29, 0.717) is 28.6 Å². The van der Waals surface area contributed by atoms with E-state index < -0.39 is 0 Å². The lowest BCUT2D eigenvalue weighted by Gasteiger charge is -2.41. The quantitative estimate of drug-likeness (QED) is 0.696. The Hall–Kier alpha value is -1.30. The number of ether oxygens (including phenoxy) is 2. The molecule has 2 aliphatic carbocycles. The lowest BCUT2D eigenvalue weighted by molar-refractivity contribution is -0.132. The number of likely N-dealkylation sites (N-methyl/N-ethyl adjacent to an activating group) is 1. The first-order valence-corrected chi connectivity index (χ1v) is 10.8. The van der Waals surface area contributed by atoms with Crippen LogP contribution in [0.3, 0.4) is 0 Å². The van der Waals surface area contributed by atoms with Crippen LogP contribution in [0.2, 0.25) is 5.02 Å². The number of para-hydroxylation sites is 1. The van der Waals surface area contributed by atoms with Crippen molar-refractivity contribution in [1.82, 2.24) is 9.80 Å². The third kappa shape index (κ3) is 4.64. The average molecular weight is 407 g/mol. The van der Waals surface area contributed by atoms with Gasteiger partial charge in [0.15, 0.2) is 6.61 Å². The monoisotopic (exact) mass is 406 g/mol. The van der Waals surface area contributed by atoms with Crippen molar-refractivity contribution < 1.29 is 14.3 Å². The summed E-state index contributed by atoms with van der Waals surface area (Å²) in [7, 11) is 4.29. The van der Waals surface area contributed by atoms with Gasteiger partial charge in [0.1, 0.15) is 5.75 Å². The number of likely N-dealkylation sites (tertiary alicyclic amines) is 1. The van der Waals surface area contributed by atoms with Gasteiger partial charge in [-0.2, -0.15) is 0 Å². The number of carbonyl (C=O) groups excluding carboxylic acids is 1. The van der Waals surface area contributed by atoms with Crippen LogP contribution in [-0.4, -0.2) is 68.3 Å². The van der Waals surface area contributed by atoms with Gasteiger partial charge in [-0.1, -0.05) is 23.7 Å².